The van der Waals surface area contributed by atoms with Crippen LogP contribution in [0.1, 0.15) is 11.1 Å². The minimum atomic E-state index is -4.70. The molecule has 0 radical (unpaired) electrons. The first-order valence-electron chi connectivity index (χ1n) is 9.82. The van der Waals surface area contributed by atoms with Crippen LogP contribution in [-0.2, 0) is 25.1 Å². The number of anilines is 1. The molecule has 0 unspecified atom stereocenters. The van der Waals surface area contributed by atoms with Gasteiger partial charge in [-0.05, 0) is 36.4 Å². The SMILES string of the molecule is Cn1c(O)c(C(=Nc2ccc(F)cc2)SCC(=O)Nc2ccccc2C(F)(F)F)c(=O)n(C)c1=O. The van der Waals surface area contributed by atoms with Crippen molar-refractivity contribution in [3.05, 3.63) is 86.3 Å². The molecule has 8 nitrogen and oxygen atoms in total. The second kappa shape index (κ2) is 10.2. The van der Waals surface area contributed by atoms with Gasteiger partial charge in [0.05, 0.1) is 22.7 Å². The zero-order valence-corrected chi connectivity index (χ0v) is 19.1. The minimum absolute atomic E-state index is 0.159. The van der Waals surface area contributed by atoms with Crippen molar-refractivity contribution in [2.45, 2.75) is 6.18 Å². The van der Waals surface area contributed by atoms with Crippen molar-refractivity contribution in [1.82, 2.24) is 9.13 Å². The molecule has 13 heteroatoms. The molecule has 0 saturated heterocycles. The molecule has 0 aliphatic carbocycles. The van der Waals surface area contributed by atoms with E-state index in [-0.39, 0.29) is 10.7 Å². The molecule has 1 aromatic heterocycles. The van der Waals surface area contributed by atoms with Gasteiger partial charge in [-0.2, -0.15) is 13.2 Å². The Bertz CT molecular complexity index is 1410. The number of carbonyl (C=O) groups is 1. The normalized spacial score (nSPS) is 12.0. The quantitative estimate of drug-likeness (QED) is 0.311. The van der Waals surface area contributed by atoms with E-state index >= 15 is 0 Å². The second-order valence-corrected chi connectivity index (χ2v) is 8.14. The monoisotopic (exact) mass is 510 g/mol. The van der Waals surface area contributed by atoms with Crippen LogP contribution in [0.4, 0.5) is 28.9 Å². The molecule has 0 bridgehead atoms. The Morgan fingerprint density at radius 1 is 1.06 bits per heavy atom. The molecule has 1 amide bonds. The molecule has 0 aliphatic rings. The van der Waals surface area contributed by atoms with E-state index in [1.54, 1.807) is 0 Å². The minimum Gasteiger partial charge on any atom is -0.494 e. The number of aromatic hydroxyl groups is 1. The van der Waals surface area contributed by atoms with Gasteiger partial charge in [0.1, 0.15) is 16.4 Å². The Morgan fingerprint density at radius 3 is 2.31 bits per heavy atom. The maximum atomic E-state index is 13.3. The van der Waals surface area contributed by atoms with Gasteiger partial charge in [-0.1, -0.05) is 23.9 Å². The highest BCUT2D eigenvalue weighted by atomic mass is 32.2. The number of alkyl halides is 3. The first kappa shape index (κ1) is 25.7. The van der Waals surface area contributed by atoms with E-state index in [1.807, 2.05) is 0 Å². The van der Waals surface area contributed by atoms with E-state index in [0.717, 1.165) is 33.4 Å². The summed E-state index contributed by atoms with van der Waals surface area (Å²) in [5.74, 6) is -2.63. The van der Waals surface area contributed by atoms with E-state index in [2.05, 4.69) is 10.3 Å². The lowest BCUT2D eigenvalue weighted by molar-refractivity contribution is -0.137. The highest BCUT2D eigenvalue weighted by molar-refractivity contribution is 8.15. The Kier molecular flexibility index (Phi) is 7.48. The maximum Gasteiger partial charge on any atom is 0.418 e. The summed E-state index contributed by atoms with van der Waals surface area (Å²) in [5, 5.41) is 12.4. The van der Waals surface area contributed by atoms with Crippen LogP contribution in [0.15, 0.2) is 63.1 Å². The van der Waals surface area contributed by atoms with Crippen LogP contribution in [0.3, 0.4) is 0 Å². The largest absolute Gasteiger partial charge is 0.494 e. The van der Waals surface area contributed by atoms with Crippen LogP contribution in [0.5, 0.6) is 5.88 Å². The summed E-state index contributed by atoms with van der Waals surface area (Å²) in [6.07, 6.45) is -4.70. The average molecular weight is 510 g/mol. The van der Waals surface area contributed by atoms with Gasteiger partial charge in [0.15, 0.2) is 0 Å². The number of amides is 1. The molecule has 35 heavy (non-hydrogen) atoms. The topological polar surface area (TPSA) is 106 Å². The number of thioether (sulfide) groups is 1. The highest BCUT2D eigenvalue weighted by Gasteiger charge is 2.33. The van der Waals surface area contributed by atoms with Crippen LogP contribution < -0.4 is 16.6 Å². The highest BCUT2D eigenvalue weighted by Crippen LogP contribution is 2.34. The second-order valence-electron chi connectivity index (χ2n) is 7.18. The van der Waals surface area contributed by atoms with Crippen molar-refractivity contribution in [3.63, 3.8) is 0 Å². The number of aliphatic imine (C=N–C) groups is 1. The van der Waals surface area contributed by atoms with E-state index in [0.29, 0.717) is 11.8 Å². The number of hydrogen-bond donors (Lipinski definition) is 2. The van der Waals surface area contributed by atoms with E-state index in [9.17, 15) is 37.1 Å². The number of nitrogens with zero attached hydrogens (tertiary/aromatic N) is 3. The number of carbonyl (C=O) groups excluding carboxylic acids is 1. The molecule has 0 spiro atoms. The first-order valence-corrected chi connectivity index (χ1v) is 10.8. The molecule has 2 N–H and O–H groups in total. The third-order valence-electron chi connectivity index (χ3n) is 4.75. The van der Waals surface area contributed by atoms with Crippen LogP contribution in [0, 0.1) is 5.82 Å². The third-order valence-corrected chi connectivity index (χ3v) is 5.73. The molecular weight excluding hydrogens is 492 g/mol. The number of nitrogens with one attached hydrogen (secondary N) is 1. The molecule has 0 saturated carbocycles. The molecule has 184 valence electrons. The Balaban J connectivity index is 1.98. The predicted octanol–water partition coefficient (Wildman–Crippen LogP) is 3.40. The van der Waals surface area contributed by atoms with Gasteiger partial charge in [0.25, 0.3) is 5.56 Å². The molecule has 0 atom stereocenters. The summed E-state index contributed by atoms with van der Waals surface area (Å²) >= 11 is 0.640. The van der Waals surface area contributed by atoms with Crippen molar-refractivity contribution in [3.8, 4) is 5.88 Å². The number of aromatic nitrogens is 2. The number of benzene rings is 2. The van der Waals surface area contributed by atoms with E-state index in [4.69, 9.17) is 0 Å². The van der Waals surface area contributed by atoms with Crippen molar-refractivity contribution >= 4 is 34.1 Å². The fourth-order valence-electron chi connectivity index (χ4n) is 2.97. The van der Waals surface area contributed by atoms with E-state index < -0.39 is 57.6 Å². The van der Waals surface area contributed by atoms with Gasteiger partial charge in [-0.3, -0.25) is 18.7 Å². The summed E-state index contributed by atoms with van der Waals surface area (Å²) in [6, 6.07) is 9.16. The van der Waals surface area contributed by atoms with Gasteiger partial charge >= 0.3 is 11.9 Å². The number of halogens is 4. The van der Waals surface area contributed by atoms with Crippen molar-refractivity contribution in [2.24, 2.45) is 19.1 Å². The maximum absolute atomic E-state index is 13.3. The Labute approximate surface area is 199 Å². The summed E-state index contributed by atoms with van der Waals surface area (Å²) in [4.78, 5) is 41.5. The summed E-state index contributed by atoms with van der Waals surface area (Å²) in [5.41, 5.74) is -3.48. The zero-order valence-electron chi connectivity index (χ0n) is 18.3. The fourth-order valence-corrected chi connectivity index (χ4v) is 3.81. The number of rotatable bonds is 5. The lowest BCUT2D eigenvalue weighted by atomic mass is 10.1. The van der Waals surface area contributed by atoms with Gasteiger partial charge in [0.2, 0.25) is 11.8 Å². The van der Waals surface area contributed by atoms with Crippen LogP contribution in [-0.4, -0.2) is 30.9 Å². The van der Waals surface area contributed by atoms with Crippen molar-refractivity contribution < 1.29 is 27.5 Å². The van der Waals surface area contributed by atoms with Gasteiger partial charge in [0, 0.05) is 14.1 Å². The predicted molar refractivity (Wildman–Crippen MR) is 124 cm³/mol. The summed E-state index contributed by atoms with van der Waals surface area (Å²) < 4.78 is 54.4. The van der Waals surface area contributed by atoms with Crippen molar-refractivity contribution in [2.75, 3.05) is 11.1 Å². The summed E-state index contributed by atoms with van der Waals surface area (Å²) in [6.45, 7) is 0. The Hall–Kier alpha value is -3.87. The molecule has 1 heterocycles. The molecule has 3 aromatic rings. The van der Waals surface area contributed by atoms with Gasteiger partial charge < -0.3 is 10.4 Å². The molecule has 0 fully saturated rings. The fraction of sp³-hybridized carbons (Fsp3) is 0.182. The lowest BCUT2D eigenvalue weighted by Crippen LogP contribution is -2.39. The standard InChI is InChI=1S/C22H18F4N4O4S/c1-29-19(32)17(20(33)30(2)21(29)34)18(27-13-9-7-12(23)8-10-13)35-11-16(31)28-15-6-4-3-5-14(15)22(24,25)26/h3-10,32H,11H2,1-2H3,(H,28,31). The lowest BCUT2D eigenvalue weighted by Gasteiger charge is -2.14. The van der Waals surface area contributed by atoms with Crippen LogP contribution >= 0.6 is 11.8 Å². The Morgan fingerprint density at radius 2 is 1.69 bits per heavy atom. The van der Waals surface area contributed by atoms with E-state index in [1.165, 1.54) is 38.4 Å². The van der Waals surface area contributed by atoms with Crippen LogP contribution in [0.2, 0.25) is 0 Å². The number of hydrogen-bond acceptors (Lipinski definition) is 6. The van der Waals surface area contributed by atoms with Crippen LogP contribution in [0.25, 0.3) is 0 Å². The zero-order chi connectivity index (χ0) is 25.9. The molecule has 0 aliphatic heterocycles. The first-order chi connectivity index (χ1) is 16.4. The molecule has 2 aromatic carbocycles. The van der Waals surface area contributed by atoms with Gasteiger partial charge in [-0.25, -0.2) is 14.2 Å². The average Bonchev–Trinajstić information content (AvgIpc) is 2.81. The summed E-state index contributed by atoms with van der Waals surface area (Å²) in [7, 11) is 2.39. The molecule has 3 rings (SSSR count). The smallest absolute Gasteiger partial charge is 0.418 e. The van der Waals surface area contributed by atoms with Gasteiger partial charge in [-0.15, -0.1) is 0 Å². The number of para-hydroxylation sites is 1. The third kappa shape index (κ3) is 5.80. The van der Waals surface area contributed by atoms with Crippen molar-refractivity contribution in [1.29, 1.82) is 0 Å². The molecular formula is C22H18F4N4O4S.